The van der Waals surface area contributed by atoms with E-state index >= 15 is 0 Å². The van der Waals surface area contributed by atoms with Crippen molar-refractivity contribution in [2.75, 3.05) is 14.1 Å². The number of aliphatic hydroxyl groups is 4. The Bertz CT molecular complexity index is 1200. The van der Waals surface area contributed by atoms with Gasteiger partial charge in [-0.05, 0) is 25.5 Å². The second-order valence-electron chi connectivity index (χ2n) is 9.03. The van der Waals surface area contributed by atoms with E-state index in [1.54, 1.807) is 0 Å². The molecular weight excluding hydrogens is 456 g/mol. The first-order valence-corrected chi connectivity index (χ1v) is 10.5. The highest BCUT2D eigenvalue weighted by Gasteiger charge is 2.67. The minimum Gasteiger partial charge on any atom is -0.509 e. The normalized spacial score (nSPS) is 33.5. The highest BCUT2D eigenvalue weighted by molar-refractivity contribution is 6.32. The van der Waals surface area contributed by atoms with E-state index in [2.05, 4.69) is 0 Å². The lowest BCUT2D eigenvalue weighted by molar-refractivity contribution is -0.166. The number of benzene rings is 1. The molecule has 176 valence electrons. The number of ketones is 2. The zero-order chi connectivity index (χ0) is 24.8. The largest absolute Gasteiger partial charge is 0.509 e. The molecule has 5 atom stereocenters. The predicted molar refractivity (Wildman–Crippen MR) is 115 cm³/mol. The van der Waals surface area contributed by atoms with E-state index < -0.39 is 69.3 Å². The maximum Gasteiger partial charge on any atom is 0.235 e. The van der Waals surface area contributed by atoms with E-state index in [0.717, 1.165) is 0 Å². The highest BCUT2D eigenvalue weighted by atomic mass is 35.5. The first-order chi connectivity index (χ1) is 15.2. The summed E-state index contributed by atoms with van der Waals surface area (Å²) in [6.07, 6.45) is -0.283. The van der Waals surface area contributed by atoms with Gasteiger partial charge in [0.15, 0.2) is 17.3 Å². The molecule has 33 heavy (non-hydrogen) atoms. The molecule has 0 saturated heterocycles. The van der Waals surface area contributed by atoms with E-state index in [1.807, 2.05) is 0 Å². The van der Waals surface area contributed by atoms with Gasteiger partial charge in [-0.1, -0.05) is 11.6 Å². The lowest BCUT2D eigenvalue weighted by atomic mass is 9.54. The number of carbonyl (C=O) groups is 3. The molecule has 1 aromatic rings. The summed E-state index contributed by atoms with van der Waals surface area (Å²) in [4.78, 5) is 40.2. The lowest BCUT2D eigenvalue weighted by Gasteiger charge is -2.52. The van der Waals surface area contributed by atoms with Crippen LogP contribution in [-0.2, 0) is 20.0 Å². The molecule has 7 N–H and O–H groups in total. The second kappa shape index (κ2) is 6.96. The summed E-state index contributed by atoms with van der Waals surface area (Å²) in [5.41, 5.74) is -0.354. The van der Waals surface area contributed by atoms with Gasteiger partial charge in [0, 0.05) is 42.1 Å². The zero-order valence-electron chi connectivity index (χ0n) is 18.0. The molecule has 11 heteroatoms. The molecule has 0 spiro atoms. The Morgan fingerprint density at radius 2 is 1.76 bits per heavy atom. The van der Waals surface area contributed by atoms with E-state index in [1.165, 1.54) is 38.1 Å². The van der Waals surface area contributed by atoms with Crippen LogP contribution in [0, 0.1) is 17.8 Å². The molecule has 0 aromatic heterocycles. The number of aromatic hydroxyl groups is 1. The van der Waals surface area contributed by atoms with Crippen LogP contribution in [0.1, 0.15) is 24.5 Å². The third-order valence-electron chi connectivity index (χ3n) is 6.99. The van der Waals surface area contributed by atoms with Gasteiger partial charge in [0.2, 0.25) is 11.7 Å². The Morgan fingerprint density at radius 1 is 1.15 bits per heavy atom. The molecule has 0 aliphatic heterocycles. The monoisotopic (exact) mass is 478 g/mol. The Hall–Kier alpha value is -3.08. The van der Waals surface area contributed by atoms with E-state index in [9.17, 15) is 39.9 Å². The molecule has 1 amide bonds. The Kier molecular flexibility index (Phi) is 4.87. The summed E-state index contributed by atoms with van der Waals surface area (Å²) in [5.74, 6) is -10.3. The molecule has 1 aromatic carbocycles. The maximum absolute atomic E-state index is 13.7. The van der Waals surface area contributed by atoms with Crippen molar-refractivity contribution in [3.8, 4) is 5.75 Å². The van der Waals surface area contributed by atoms with E-state index in [0.29, 0.717) is 0 Å². The smallest absolute Gasteiger partial charge is 0.235 e. The number of phenols is 1. The first-order valence-electron chi connectivity index (χ1n) is 10.1. The van der Waals surface area contributed by atoms with Gasteiger partial charge in [-0.3, -0.25) is 14.4 Å². The lowest BCUT2D eigenvalue weighted by Crippen LogP contribution is -2.66. The molecule has 1 unspecified atom stereocenters. The van der Waals surface area contributed by atoms with Crippen molar-refractivity contribution in [2.45, 2.75) is 24.5 Å². The molecule has 3 aliphatic rings. The van der Waals surface area contributed by atoms with Gasteiger partial charge < -0.3 is 36.2 Å². The molecule has 10 nitrogen and oxygen atoms in total. The van der Waals surface area contributed by atoms with Crippen molar-refractivity contribution in [3.63, 3.8) is 0 Å². The van der Waals surface area contributed by atoms with Crippen LogP contribution in [0.4, 0.5) is 0 Å². The van der Waals surface area contributed by atoms with Crippen LogP contribution in [0.3, 0.4) is 0 Å². The summed E-state index contributed by atoms with van der Waals surface area (Å²) in [6.45, 7) is 1.34. The Morgan fingerprint density at radius 3 is 2.30 bits per heavy atom. The third-order valence-corrected chi connectivity index (χ3v) is 7.31. The van der Waals surface area contributed by atoms with Gasteiger partial charge in [0.25, 0.3) is 0 Å². The van der Waals surface area contributed by atoms with E-state index in [4.69, 9.17) is 17.3 Å². The minimum atomic E-state index is -2.85. The number of halogens is 1. The molecule has 0 heterocycles. The molecule has 0 radical (unpaired) electrons. The van der Waals surface area contributed by atoms with Crippen LogP contribution < -0.4 is 5.73 Å². The van der Waals surface area contributed by atoms with Crippen molar-refractivity contribution >= 4 is 34.8 Å². The number of fused-ring (bicyclic) bond motifs is 3. The van der Waals surface area contributed by atoms with Gasteiger partial charge in [-0.25, -0.2) is 0 Å². The molecule has 1 fully saturated rings. The SMILES string of the molecule is CN(C)C1=C(O)C(C(N)=O)C(=O)[C@@]2(O)C(=O)C3=C(O)c4c(O)ccc(Cl)c4[C@@](C)(O)[C@H]3C[C@@H]12. The quantitative estimate of drug-likeness (QED) is 0.329. The Labute approximate surface area is 193 Å². The number of phenolic OH excluding ortho intramolecular Hbond substituents is 1. The maximum atomic E-state index is 13.7. The summed E-state index contributed by atoms with van der Waals surface area (Å²) < 4.78 is 0. The second-order valence-corrected chi connectivity index (χ2v) is 9.43. The van der Waals surface area contributed by atoms with Crippen LogP contribution in [0.2, 0.25) is 5.02 Å². The van der Waals surface area contributed by atoms with Gasteiger partial charge in [-0.2, -0.15) is 0 Å². The van der Waals surface area contributed by atoms with Crippen molar-refractivity contribution in [3.05, 3.63) is 45.3 Å². The average molecular weight is 479 g/mol. The van der Waals surface area contributed by atoms with Gasteiger partial charge in [0.1, 0.15) is 17.3 Å². The summed E-state index contributed by atoms with van der Waals surface area (Å²) >= 11 is 6.27. The van der Waals surface area contributed by atoms with Gasteiger partial charge in [-0.15, -0.1) is 0 Å². The van der Waals surface area contributed by atoms with Crippen molar-refractivity contribution in [1.82, 2.24) is 4.90 Å². The molecule has 3 aliphatic carbocycles. The number of Topliss-reactive ketones (excluding diaryl/α,β-unsaturated/α-hetero) is 2. The fourth-order valence-corrected chi connectivity index (χ4v) is 5.86. The number of hydrogen-bond donors (Lipinski definition) is 6. The number of nitrogens with zero attached hydrogens (tertiary/aromatic N) is 1. The number of carbonyl (C=O) groups excluding carboxylic acids is 3. The predicted octanol–water partition coefficient (Wildman–Crippen LogP) is 0.488. The molecule has 0 bridgehead atoms. The summed E-state index contributed by atoms with van der Waals surface area (Å²) in [7, 11) is 2.96. The Balaban J connectivity index is 2.06. The van der Waals surface area contributed by atoms with Crippen LogP contribution in [-0.4, -0.2) is 67.6 Å². The number of rotatable bonds is 2. The summed E-state index contributed by atoms with van der Waals surface area (Å²) in [6, 6.07) is 2.49. The van der Waals surface area contributed by atoms with Gasteiger partial charge in [0.05, 0.1) is 16.9 Å². The fourth-order valence-electron chi connectivity index (χ4n) is 5.51. The molecule has 1 saturated carbocycles. The highest BCUT2D eigenvalue weighted by Crippen LogP contribution is 2.58. The molecular formula is C22H23ClN2O8. The van der Waals surface area contributed by atoms with Crippen molar-refractivity contribution in [2.24, 2.45) is 23.5 Å². The van der Waals surface area contributed by atoms with Crippen molar-refractivity contribution in [1.29, 1.82) is 0 Å². The number of amides is 1. The van der Waals surface area contributed by atoms with Crippen LogP contribution in [0.5, 0.6) is 5.75 Å². The summed E-state index contributed by atoms with van der Waals surface area (Å²) in [5, 5.41) is 55.1. The van der Waals surface area contributed by atoms with Crippen LogP contribution in [0.15, 0.2) is 29.2 Å². The van der Waals surface area contributed by atoms with Gasteiger partial charge >= 0.3 is 0 Å². The van der Waals surface area contributed by atoms with E-state index in [-0.39, 0.29) is 28.3 Å². The number of primary amides is 1. The fraction of sp³-hybridized carbons (Fsp3) is 0.409. The first kappa shape index (κ1) is 23.1. The average Bonchev–Trinajstić information content (AvgIpc) is 2.69. The van der Waals surface area contributed by atoms with Crippen LogP contribution in [0.25, 0.3) is 5.76 Å². The van der Waals surface area contributed by atoms with Crippen molar-refractivity contribution < 1.29 is 39.9 Å². The zero-order valence-corrected chi connectivity index (χ0v) is 18.7. The topological polar surface area (TPSA) is 182 Å². The molecule has 4 rings (SSSR count). The number of aliphatic hydroxyl groups excluding tert-OH is 2. The third kappa shape index (κ3) is 2.71. The standard InChI is InChI=1S/C22H23ClN2O8/c1-21(32)7-6-8-15(25(2)3)17(28)13(20(24)31)19(30)22(8,33)18(29)11(7)16(27)12-10(26)5-4-9(23)14(12)21/h4-5,7-8,13,26-28,32-33H,6H2,1-3H3,(H2,24,31)/t7-,8-,13?,21-,22-/m0/s1. The van der Waals surface area contributed by atoms with Crippen LogP contribution >= 0.6 is 11.6 Å². The minimum absolute atomic E-state index is 0.0198. The number of nitrogens with two attached hydrogens (primary N) is 1. The number of hydrogen-bond acceptors (Lipinski definition) is 9.